The SMILES string of the molecule is CC(CO)(COCCOCC(CO)COCC(F)(F)C(F)(F)F)COCCC(F)(F)F. The van der Waals surface area contributed by atoms with Crippen LogP contribution in [-0.4, -0.2) is 94.6 Å². The lowest BCUT2D eigenvalue weighted by atomic mass is 9.94. The van der Waals surface area contributed by atoms with Crippen LogP contribution in [0.4, 0.5) is 35.1 Å². The molecule has 0 heterocycles. The molecule has 0 rings (SSSR count). The van der Waals surface area contributed by atoms with E-state index in [0.29, 0.717) is 0 Å². The van der Waals surface area contributed by atoms with Crippen LogP contribution in [0.1, 0.15) is 13.3 Å². The molecule has 2 atom stereocenters. The van der Waals surface area contributed by atoms with Crippen molar-refractivity contribution in [3.63, 3.8) is 0 Å². The van der Waals surface area contributed by atoms with Crippen molar-refractivity contribution in [1.82, 2.24) is 0 Å². The Morgan fingerprint density at radius 2 is 1.23 bits per heavy atom. The molecule has 188 valence electrons. The number of hydrogen-bond donors (Lipinski definition) is 2. The van der Waals surface area contributed by atoms with Gasteiger partial charge in [0.2, 0.25) is 0 Å². The molecular formula is C17H28F8O6. The van der Waals surface area contributed by atoms with Gasteiger partial charge in [0.15, 0.2) is 0 Å². The van der Waals surface area contributed by atoms with Crippen molar-refractivity contribution in [2.75, 3.05) is 66.1 Å². The highest BCUT2D eigenvalue weighted by Gasteiger charge is 2.57. The standard InChI is InChI=1S/C17H28F8O6/c1-14(9-27,10-29-3-2-16(20,21)22)11-30-5-4-28-7-13(6-26)8-31-12-15(18,19)17(23,24)25/h13,26-27H,2-12H2,1H3. The normalized spacial score (nSPS) is 16.4. The van der Waals surface area contributed by atoms with E-state index in [1.54, 1.807) is 0 Å². The summed E-state index contributed by atoms with van der Waals surface area (Å²) in [6.45, 7) is -2.93. The third-order valence-corrected chi connectivity index (χ3v) is 3.85. The van der Waals surface area contributed by atoms with E-state index in [9.17, 15) is 40.2 Å². The molecule has 0 aliphatic rings. The summed E-state index contributed by atoms with van der Waals surface area (Å²) in [5, 5.41) is 18.5. The molecular weight excluding hydrogens is 452 g/mol. The van der Waals surface area contributed by atoms with Crippen molar-refractivity contribution < 1.29 is 64.3 Å². The van der Waals surface area contributed by atoms with Gasteiger partial charge in [-0.25, -0.2) is 0 Å². The number of alkyl halides is 8. The van der Waals surface area contributed by atoms with Gasteiger partial charge in [0, 0.05) is 11.3 Å². The lowest BCUT2D eigenvalue weighted by Gasteiger charge is -2.27. The highest BCUT2D eigenvalue weighted by atomic mass is 19.4. The summed E-state index contributed by atoms with van der Waals surface area (Å²) in [6.07, 6.45) is -11.2. The molecule has 0 radical (unpaired) electrons. The van der Waals surface area contributed by atoms with Crippen LogP contribution in [0.25, 0.3) is 0 Å². The molecule has 2 N–H and O–H groups in total. The van der Waals surface area contributed by atoms with Crippen LogP contribution >= 0.6 is 0 Å². The Kier molecular flexibility index (Phi) is 13.3. The Labute approximate surface area is 174 Å². The molecule has 0 aromatic heterocycles. The second-order valence-electron chi connectivity index (χ2n) is 7.28. The van der Waals surface area contributed by atoms with Gasteiger partial charge in [0.1, 0.15) is 6.61 Å². The third-order valence-electron chi connectivity index (χ3n) is 3.85. The molecule has 0 aliphatic carbocycles. The largest absolute Gasteiger partial charge is 0.455 e. The second-order valence-corrected chi connectivity index (χ2v) is 7.28. The average molecular weight is 480 g/mol. The summed E-state index contributed by atoms with van der Waals surface area (Å²) in [5.41, 5.74) is -0.948. The minimum absolute atomic E-state index is 0.0106. The quantitative estimate of drug-likeness (QED) is 0.246. The second kappa shape index (κ2) is 13.7. The van der Waals surface area contributed by atoms with Gasteiger partial charge in [0.05, 0.1) is 65.9 Å². The molecule has 0 spiro atoms. The van der Waals surface area contributed by atoms with Gasteiger partial charge in [-0.2, -0.15) is 35.1 Å². The molecule has 0 amide bonds. The first-order valence-corrected chi connectivity index (χ1v) is 9.20. The van der Waals surface area contributed by atoms with E-state index in [1.165, 1.54) is 6.92 Å². The van der Waals surface area contributed by atoms with Crippen LogP contribution in [-0.2, 0) is 18.9 Å². The zero-order valence-corrected chi connectivity index (χ0v) is 16.9. The molecule has 14 heteroatoms. The molecule has 0 bridgehead atoms. The first kappa shape index (κ1) is 30.2. The van der Waals surface area contributed by atoms with Crippen molar-refractivity contribution in [3.8, 4) is 0 Å². The Morgan fingerprint density at radius 1 is 0.710 bits per heavy atom. The lowest BCUT2D eigenvalue weighted by Crippen LogP contribution is -2.41. The van der Waals surface area contributed by atoms with Crippen LogP contribution in [0.15, 0.2) is 0 Å². The first-order valence-electron chi connectivity index (χ1n) is 9.20. The monoisotopic (exact) mass is 480 g/mol. The van der Waals surface area contributed by atoms with E-state index in [0.717, 1.165) is 0 Å². The van der Waals surface area contributed by atoms with Crippen molar-refractivity contribution >= 4 is 0 Å². The zero-order chi connectivity index (χ0) is 24.2. The van der Waals surface area contributed by atoms with E-state index in [2.05, 4.69) is 4.74 Å². The molecule has 0 aromatic carbocycles. The van der Waals surface area contributed by atoms with Crippen molar-refractivity contribution in [3.05, 3.63) is 0 Å². The Morgan fingerprint density at radius 3 is 1.71 bits per heavy atom. The highest BCUT2D eigenvalue weighted by Crippen LogP contribution is 2.35. The minimum atomic E-state index is -5.73. The summed E-state index contributed by atoms with van der Waals surface area (Å²) in [7, 11) is 0. The maximum atomic E-state index is 12.7. The topological polar surface area (TPSA) is 77.4 Å². The molecule has 2 unspecified atom stereocenters. The van der Waals surface area contributed by atoms with E-state index in [4.69, 9.17) is 19.3 Å². The molecule has 0 saturated carbocycles. The fraction of sp³-hybridized carbons (Fsp3) is 1.00. The van der Waals surface area contributed by atoms with E-state index >= 15 is 0 Å². The van der Waals surface area contributed by atoms with Gasteiger partial charge < -0.3 is 29.2 Å². The molecule has 0 saturated heterocycles. The average Bonchev–Trinajstić information content (AvgIpc) is 2.64. The number of ether oxygens (including phenoxy) is 4. The molecule has 0 fully saturated rings. The number of rotatable bonds is 17. The van der Waals surface area contributed by atoms with Crippen LogP contribution < -0.4 is 0 Å². The van der Waals surface area contributed by atoms with Crippen LogP contribution in [0.2, 0.25) is 0 Å². The predicted octanol–water partition coefficient (Wildman–Crippen LogP) is 2.81. The molecule has 0 aromatic rings. The molecule has 31 heavy (non-hydrogen) atoms. The summed E-state index contributed by atoms with van der Waals surface area (Å²) >= 11 is 0. The number of aliphatic hydroxyl groups excluding tert-OH is 2. The van der Waals surface area contributed by atoms with Gasteiger partial charge in [-0.05, 0) is 0 Å². The number of halogens is 8. The van der Waals surface area contributed by atoms with Crippen molar-refractivity contribution in [2.24, 2.45) is 11.3 Å². The lowest BCUT2D eigenvalue weighted by molar-refractivity contribution is -0.297. The molecule has 0 aliphatic heterocycles. The van der Waals surface area contributed by atoms with E-state index in [1.807, 2.05) is 0 Å². The maximum absolute atomic E-state index is 12.7. The van der Waals surface area contributed by atoms with Crippen LogP contribution in [0.3, 0.4) is 0 Å². The summed E-state index contributed by atoms with van der Waals surface area (Å²) < 4.78 is 117. The summed E-state index contributed by atoms with van der Waals surface area (Å²) in [4.78, 5) is 0. The Bertz CT molecular complexity index is 475. The van der Waals surface area contributed by atoms with Crippen LogP contribution in [0.5, 0.6) is 0 Å². The van der Waals surface area contributed by atoms with Crippen LogP contribution in [0, 0.1) is 11.3 Å². The van der Waals surface area contributed by atoms with E-state index in [-0.39, 0.29) is 33.0 Å². The summed E-state index contributed by atoms with van der Waals surface area (Å²) in [5.74, 6) is -5.84. The molecule has 6 nitrogen and oxygen atoms in total. The fourth-order valence-electron chi connectivity index (χ4n) is 1.91. The van der Waals surface area contributed by atoms with Crippen molar-refractivity contribution in [2.45, 2.75) is 31.6 Å². The van der Waals surface area contributed by atoms with Gasteiger partial charge in [-0.3, -0.25) is 0 Å². The van der Waals surface area contributed by atoms with E-state index < -0.39 is 69.1 Å². The third kappa shape index (κ3) is 14.1. The van der Waals surface area contributed by atoms with Gasteiger partial charge in [0.25, 0.3) is 0 Å². The van der Waals surface area contributed by atoms with Gasteiger partial charge in [-0.1, -0.05) is 6.92 Å². The first-order chi connectivity index (χ1) is 14.2. The van der Waals surface area contributed by atoms with Gasteiger partial charge >= 0.3 is 18.3 Å². The highest BCUT2D eigenvalue weighted by molar-refractivity contribution is 4.75. The van der Waals surface area contributed by atoms with Gasteiger partial charge in [-0.15, -0.1) is 0 Å². The number of aliphatic hydroxyl groups is 2. The minimum Gasteiger partial charge on any atom is -0.396 e. The Balaban J connectivity index is 4.01. The summed E-state index contributed by atoms with van der Waals surface area (Å²) in [6, 6.07) is 0. The maximum Gasteiger partial charge on any atom is 0.455 e. The predicted molar refractivity (Wildman–Crippen MR) is 90.7 cm³/mol. The smallest absolute Gasteiger partial charge is 0.396 e. The zero-order valence-electron chi connectivity index (χ0n) is 16.9. The fourth-order valence-corrected chi connectivity index (χ4v) is 1.91. The Hall–Kier alpha value is -0.800. The number of hydrogen-bond acceptors (Lipinski definition) is 6. The van der Waals surface area contributed by atoms with Crippen molar-refractivity contribution in [1.29, 1.82) is 0 Å².